The highest BCUT2D eigenvalue weighted by Crippen LogP contribution is 2.23. The molecule has 1 heterocycles. The predicted octanol–water partition coefficient (Wildman–Crippen LogP) is 4.77. The van der Waals surface area contributed by atoms with E-state index in [-0.39, 0.29) is 29.9 Å². The number of aromatic nitrogens is 3. The van der Waals surface area contributed by atoms with Crippen molar-refractivity contribution in [3.05, 3.63) is 95.6 Å². The molecule has 0 unspecified atom stereocenters. The standard InChI is InChI=1S/C27H26FN5O3S/c1-3-36-23-13-9-21(10-14-23)30-25(34)17-37-27-32-31-24(33(27)22-11-7-20(28)8-12-22)16-29-26(35)19-6-4-5-18(2)15-19/h4-15H,3,16-17H2,1-2H3,(H,29,35)(H,30,34). The summed E-state index contributed by atoms with van der Waals surface area (Å²) in [4.78, 5) is 25.2. The third kappa shape index (κ3) is 6.95. The van der Waals surface area contributed by atoms with Gasteiger partial charge in [0.2, 0.25) is 5.91 Å². The number of nitrogens with one attached hydrogen (secondary N) is 2. The van der Waals surface area contributed by atoms with E-state index >= 15 is 0 Å². The minimum atomic E-state index is -0.380. The fraction of sp³-hybridized carbons (Fsp3) is 0.185. The second-order valence-electron chi connectivity index (χ2n) is 8.06. The number of benzene rings is 3. The van der Waals surface area contributed by atoms with Crippen molar-refractivity contribution >= 4 is 29.3 Å². The number of ether oxygens (including phenoxy) is 1. The molecular formula is C27H26FN5O3S. The molecule has 10 heteroatoms. The third-order valence-electron chi connectivity index (χ3n) is 5.25. The fourth-order valence-electron chi connectivity index (χ4n) is 3.53. The number of hydrogen-bond donors (Lipinski definition) is 2. The van der Waals surface area contributed by atoms with Crippen LogP contribution in [0.2, 0.25) is 0 Å². The average molecular weight is 520 g/mol. The van der Waals surface area contributed by atoms with Gasteiger partial charge in [-0.05, 0) is 74.5 Å². The average Bonchev–Trinajstić information content (AvgIpc) is 3.30. The first-order valence-electron chi connectivity index (χ1n) is 11.6. The first-order chi connectivity index (χ1) is 17.9. The molecule has 0 saturated carbocycles. The molecule has 1 aromatic heterocycles. The molecule has 0 bridgehead atoms. The number of carbonyl (C=O) groups excluding carboxylic acids is 2. The Labute approximate surface area is 218 Å². The lowest BCUT2D eigenvalue weighted by atomic mass is 10.1. The Morgan fingerprint density at radius 3 is 2.49 bits per heavy atom. The van der Waals surface area contributed by atoms with E-state index in [1.165, 1.54) is 23.9 Å². The van der Waals surface area contributed by atoms with Crippen LogP contribution >= 0.6 is 11.8 Å². The fourth-order valence-corrected chi connectivity index (χ4v) is 4.30. The molecular weight excluding hydrogens is 493 g/mol. The minimum absolute atomic E-state index is 0.0716. The maximum absolute atomic E-state index is 13.6. The number of nitrogens with zero attached hydrogens (tertiary/aromatic N) is 3. The zero-order valence-corrected chi connectivity index (χ0v) is 21.2. The zero-order chi connectivity index (χ0) is 26.2. The van der Waals surface area contributed by atoms with E-state index in [1.807, 2.05) is 26.0 Å². The van der Waals surface area contributed by atoms with E-state index in [4.69, 9.17) is 4.74 Å². The third-order valence-corrected chi connectivity index (χ3v) is 6.18. The minimum Gasteiger partial charge on any atom is -0.494 e. The van der Waals surface area contributed by atoms with E-state index < -0.39 is 0 Å². The Hall–Kier alpha value is -4.18. The van der Waals surface area contributed by atoms with Crippen molar-refractivity contribution in [2.75, 3.05) is 17.7 Å². The molecule has 0 aliphatic rings. The normalized spacial score (nSPS) is 10.7. The predicted molar refractivity (Wildman–Crippen MR) is 141 cm³/mol. The van der Waals surface area contributed by atoms with Gasteiger partial charge in [0.1, 0.15) is 11.6 Å². The number of anilines is 1. The highest BCUT2D eigenvalue weighted by atomic mass is 32.2. The highest BCUT2D eigenvalue weighted by Gasteiger charge is 2.17. The molecule has 0 saturated heterocycles. The smallest absolute Gasteiger partial charge is 0.251 e. The molecule has 4 aromatic rings. The van der Waals surface area contributed by atoms with Crippen molar-refractivity contribution < 1.29 is 18.7 Å². The van der Waals surface area contributed by atoms with Crippen LogP contribution in [0.3, 0.4) is 0 Å². The SMILES string of the molecule is CCOc1ccc(NC(=O)CSc2nnc(CNC(=O)c3cccc(C)c3)n2-c2ccc(F)cc2)cc1. The lowest BCUT2D eigenvalue weighted by molar-refractivity contribution is -0.113. The van der Waals surface area contributed by atoms with Crippen molar-refractivity contribution in [3.63, 3.8) is 0 Å². The summed E-state index contributed by atoms with van der Waals surface area (Å²) in [6.45, 7) is 4.48. The van der Waals surface area contributed by atoms with Gasteiger partial charge in [-0.3, -0.25) is 14.2 Å². The molecule has 2 amide bonds. The van der Waals surface area contributed by atoms with Crippen LogP contribution in [-0.4, -0.2) is 38.9 Å². The van der Waals surface area contributed by atoms with Gasteiger partial charge in [0.15, 0.2) is 11.0 Å². The maximum Gasteiger partial charge on any atom is 0.251 e. The van der Waals surface area contributed by atoms with Crippen LogP contribution < -0.4 is 15.4 Å². The number of carbonyl (C=O) groups is 2. The van der Waals surface area contributed by atoms with E-state index in [0.29, 0.717) is 34.5 Å². The van der Waals surface area contributed by atoms with Gasteiger partial charge in [-0.2, -0.15) is 0 Å². The molecule has 0 aliphatic carbocycles. The van der Waals surface area contributed by atoms with Gasteiger partial charge in [-0.1, -0.05) is 29.5 Å². The zero-order valence-electron chi connectivity index (χ0n) is 20.4. The summed E-state index contributed by atoms with van der Waals surface area (Å²) in [6, 6.07) is 20.2. The molecule has 190 valence electrons. The molecule has 0 aliphatic heterocycles. The van der Waals surface area contributed by atoms with Crippen molar-refractivity contribution in [2.24, 2.45) is 0 Å². The largest absolute Gasteiger partial charge is 0.494 e. The summed E-state index contributed by atoms with van der Waals surface area (Å²) in [7, 11) is 0. The number of amides is 2. The first kappa shape index (κ1) is 25.9. The van der Waals surface area contributed by atoms with E-state index in [1.54, 1.807) is 53.1 Å². The topological polar surface area (TPSA) is 98.1 Å². The van der Waals surface area contributed by atoms with Gasteiger partial charge < -0.3 is 15.4 Å². The number of hydrogen-bond acceptors (Lipinski definition) is 6. The monoisotopic (exact) mass is 519 g/mol. The Morgan fingerprint density at radius 2 is 1.78 bits per heavy atom. The molecule has 0 fully saturated rings. The van der Waals surface area contributed by atoms with Crippen LogP contribution in [-0.2, 0) is 11.3 Å². The van der Waals surface area contributed by atoms with Gasteiger partial charge in [-0.25, -0.2) is 4.39 Å². The van der Waals surface area contributed by atoms with Crippen LogP contribution in [0.4, 0.5) is 10.1 Å². The molecule has 8 nitrogen and oxygen atoms in total. The lowest BCUT2D eigenvalue weighted by Crippen LogP contribution is -2.24. The Kier molecular flexibility index (Phi) is 8.52. The number of thioether (sulfide) groups is 1. The molecule has 3 aromatic carbocycles. The first-order valence-corrected chi connectivity index (χ1v) is 12.6. The molecule has 0 spiro atoms. The van der Waals surface area contributed by atoms with Crippen molar-refractivity contribution in [1.29, 1.82) is 0 Å². The quantitative estimate of drug-likeness (QED) is 0.293. The van der Waals surface area contributed by atoms with E-state index in [9.17, 15) is 14.0 Å². The van der Waals surface area contributed by atoms with Crippen molar-refractivity contribution in [1.82, 2.24) is 20.1 Å². The van der Waals surface area contributed by atoms with Crippen molar-refractivity contribution in [2.45, 2.75) is 25.5 Å². The van der Waals surface area contributed by atoms with Crippen LogP contribution in [0.1, 0.15) is 28.7 Å². The summed E-state index contributed by atoms with van der Waals surface area (Å²) in [5.74, 6) is 0.391. The molecule has 37 heavy (non-hydrogen) atoms. The van der Waals surface area contributed by atoms with Crippen molar-refractivity contribution in [3.8, 4) is 11.4 Å². The Bertz CT molecular complexity index is 1370. The van der Waals surface area contributed by atoms with Gasteiger partial charge in [0, 0.05) is 16.9 Å². The Balaban J connectivity index is 1.46. The van der Waals surface area contributed by atoms with Gasteiger partial charge in [-0.15, -0.1) is 10.2 Å². The highest BCUT2D eigenvalue weighted by molar-refractivity contribution is 7.99. The molecule has 0 atom stereocenters. The summed E-state index contributed by atoms with van der Waals surface area (Å²) in [5, 5.41) is 14.6. The Morgan fingerprint density at radius 1 is 1.03 bits per heavy atom. The van der Waals surface area contributed by atoms with Crippen LogP contribution in [0.15, 0.2) is 78.0 Å². The summed E-state index contributed by atoms with van der Waals surface area (Å²) < 4.78 is 20.7. The number of halogens is 1. The molecule has 2 N–H and O–H groups in total. The second-order valence-corrected chi connectivity index (χ2v) is 9.00. The van der Waals surface area contributed by atoms with Crippen LogP contribution in [0.5, 0.6) is 5.75 Å². The van der Waals surface area contributed by atoms with Crippen LogP contribution in [0.25, 0.3) is 5.69 Å². The van der Waals surface area contributed by atoms with Crippen LogP contribution in [0, 0.1) is 12.7 Å². The number of aryl methyl sites for hydroxylation is 1. The van der Waals surface area contributed by atoms with Gasteiger partial charge in [0.05, 0.1) is 18.9 Å². The lowest BCUT2D eigenvalue weighted by Gasteiger charge is -2.11. The second kappa shape index (κ2) is 12.2. The van der Waals surface area contributed by atoms with E-state index in [0.717, 1.165) is 11.3 Å². The summed E-state index contributed by atoms with van der Waals surface area (Å²) in [5.41, 5.74) is 2.77. The summed E-state index contributed by atoms with van der Waals surface area (Å²) in [6.07, 6.45) is 0. The molecule has 4 rings (SSSR count). The van der Waals surface area contributed by atoms with Gasteiger partial charge >= 0.3 is 0 Å². The molecule has 0 radical (unpaired) electrons. The number of rotatable bonds is 10. The summed E-state index contributed by atoms with van der Waals surface area (Å²) >= 11 is 1.18. The van der Waals surface area contributed by atoms with Gasteiger partial charge in [0.25, 0.3) is 5.91 Å². The van der Waals surface area contributed by atoms with E-state index in [2.05, 4.69) is 20.8 Å². The maximum atomic E-state index is 13.6.